The van der Waals surface area contributed by atoms with Gasteiger partial charge in [-0.1, -0.05) is 12.1 Å². The molecule has 10 heteroatoms. The molecular weight excluding hydrogens is 419 g/mol. The summed E-state index contributed by atoms with van der Waals surface area (Å²) >= 11 is 1.48. The Hall–Kier alpha value is -3.01. The lowest BCUT2D eigenvalue weighted by Gasteiger charge is -2.10. The molecule has 30 heavy (non-hydrogen) atoms. The van der Waals surface area contributed by atoms with Crippen molar-refractivity contribution in [3.8, 4) is 17.1 Å². The predicted octanol–water partition coefficient (Wildman–Crippen LogP) is 4.57. The minimum Gasteiger partial charge on any atom is -0.482 e. The topological polar surface area (TPSA) is 77.2 Å². The summed E-state index contributed by atoms with van der Waals surface area (Å²) in [5.41, 5.74) is 0.398. The van der Waals surface area contributed by atoms with Crippen LogP contribution in [-0.2, 0) is 23.8 Å². The molecule has 3 rings (SSSR count). The van der Waals surface area contributed by atoms with E-state index in [1.165, 1.54) is 17.8 Å². The fourth-order valence-corrected chi connectivity index (χ4v) is 3.71. The third-order valence-corrected chi connectivity index (χ3v) is 5.27. The van der Waals surface area contributed by atoms with Gasteiger partial charge >= 0.3 is 12.1 Å². The van der Waals surface area contributed by atoms with E-state index >= 15 is 0 Å². The molecule has 2 aromatic carbocycles. The van der Waals surface area contributed by atoms with Gasteiger partial charge in [0.05, 0.1) is 11.3 Å². The van der Waals surface area contributed by atoms with Crippen molar-refractivity contribution in [2.45, 2.75) is 23.7 Å². The standard InChI is InChI=1S/C20H18F3N3O3S/c1-12-8-15(6-7-16(12)29-10-18(27)28)30-11-17-24-25-19(26(17)2)13-4-3-5-14(9-13)20(21,22)23/h3-9H,10-11H2,1-2H3,(H,27,28). The Kier molecular flexibility index (Phi) is 6.35. The van der Waals surface area contributed by atoms with Gasteiger partial charge in [-0.25, -0.2) is 4.79 Å². The second-order valence-corrected chi connectivity index (χ2v) is 7.52. The summed E-state index contributed by atoms with van der Waals surface area (Å²) in [6.07, 6.45) is -4.43. The number of carboxylic acids is 1. The van der Waals surface area contributed by atoms with Gasteiger partial charge < -0.3 is 14.4 Å². The largest absolute Gasteiger partial charge is 0.482 e. The van der Waals surface area contributed by atoms with E-state index in [0.29, 0.717) is 28.7 Å². The van der Waals surface area contributed by atoms with Gasteiger partial charge in [0, 0.05) is 17.5 Å². The molecule has 0 aliphatic rings. The molecular formula is C20H18F3N3O3S. The summed E-state index contributed by atoms with van der Waals surface area (Å²) in [5.74, 6) is 0.859. The molecule has 6 nitrogen and oxygen atoms in total. The van der Waals surface area contributed by atoms with E-state index in [1.54, 1.807) is 29.8 Å². The second kappa shape index (κ2) is 8.78. The van der Waals surface area contributed by atoms with E-state index in [9.17, 15) is 18.0 Å². The van der Waals surface area contributed by atoms with E-state index in [0.717, 1.165) is 22.6 Å². The van der Waals surface area contributed by atoms with Crippen molar-refractivity contribution in [1.82, 2.24) is 14.8 Å². The molecule has 1 aromatic heterocycles. The van der Waals surface area contributed by atoms with Gasteiger partial charge in [-0.15, -0.1) is 22.0 Å². The zero-order valence-corrected chi connectivity index (χ0v) is 16.9. The lowest BCUT2D eigenvalue weighted by molar-refractivity contribution is -0.139. The summed E-state index contributed by atoms with van der Waals surface area (Å²) in [4.78, 5) is 11.5. The SMILES string of the molecule is Cc1cc(SCc2nnc(-c3cccc(C(F)(F)F)c3)n2C)ccc1OCC(=O)O. The average Bonchev–Trinajstić information content (AvgIpc) is 3.05. The number of hydrogen-bond acceptors (Lipinski definition) is 5. The summed E-state index contributed by atoms with van der Waals surface area (Å²) < 4.78 is 45.8. The maximum absolute atomic E-state index is 13.0. The molecule has 158 valence electrons. The molecule has 0 bridgehead atoms. The zero-order chi connectivity index (χ0) is 21.9. The number of thioether (sulfide) groups is 1. The van der Waals surface area contributed by atoms with Crippen LogP contribution in [0.15, 0.2) is 47.4 Å². The van der Waals surface area contributed by atoms with E-state index < -0.39 is 24.3 Å². The number of alkyl halides is 3. The number of aromatic nitrogens is 3. The normalized spacial score (nSPS) is 11.5. The number of aryl methyl sites for hydroxylation is 1. The van der Waals surface area contributed by atoms with Crippen LogP contribution in [0.2, 0.25) is 0 Å². The summed E-state index contributed by atoms with van der Waals surface area (Å²) in [6.45, 7) is 1.40. The highest BCUT2D eigenvalue weighted by molar-refractivity contribution is 7.98. The van der Waals surface area contributed by atoms with E-state index in [4.69, 9.17) is 9.84 Å². The first-order chi connectivity index (χ1) is 14.1. The van der Waals surface area contributed by atoms with Crippen LogP contribution in [0.25, 0.3) is 11.4 Å². The maximum Gasteiger partial charge on any atom is 0.416 e. The number of carboxylic acid groups (broad SMARTS) is 1. The Morgan fingerprint density at radius 3 is 2.63 bits per heavy atom. The van der Waals surface area contributed by atoms with E-state index in [-0.39, 0.29) is 0 Å². The fraction of sp³-hybridized carbons (Fsp3) is 0.250. The lowest BCUT2D eigenvalue weighted by Crippen LogP contribution is -2.10. The number of hydrogen-bond donors (Lipinski definition) is 1. The van der Waals surface area contributed by atoms with Crippen molar-refractivity contribution >= 4 is 17.7 Å². The molecule has 0 atom stereocenters. The highest BCUT2D eigenvalue weighted by atomic mass is 32.2. The Balaban J connectivity index is 1.72. The van der Waals surface area contributed by atoms with Gasteiger partial charge in [-0.05, 0) is 42.8 Å². The third kappa shape index (κ3) is 5.12. The molecule has 0 amide bonds. The number of halogens is 3. The average molecular weight is 437 g/mol. The Morgan fingerprint density at radius 1 is 1.20 bits per heavy atom. The lowest BCUT2D eigenvalue weighted by atomic mass is 10.1. The molecule has 1 N–H and O–H groups in total. The van der Waals surface area contributed by atoms with Gasteiger partial charge in [0.15, 0.2) is 12.4 Å². The smallest absolute Gasteiger partial charge is 0.416 e. The van der Waals surface area contributed by atoms with Crippen molar-refractivity contribution in [3.05, 3.63) is 59.4 Å². The molecule has 0 saturated carbocycles. The minimum absolute atomic E-state index is 0.340. The summed E-state index contributed by atoms with van der Waals surface area (Å²) in [6, 6.07) is 10.4. The minimum atomic E-state index is -4.43. The number of aliphatic carboxylic acids is 1. The van der Waals surface area contributed by atoms with Crippen molar-refractivity contribution < 1.29 is 27.8 Å². The first-order valence-electron chi connectivity index (χ1n) is 8.79. The van der Waals surface area contributed by atoms with Crippen LogP contribution in [0.4, 0.5) is 13.2 Å². The van der Waals surface area contributed by atoms with Crippen LogP contribution in [0, 0.1) is 6.92 Å². The molecule has 0 fully saturated rings. The number of rotatable bonds is 7. The molecule has 0 aliphatic carbocycles. The molecule has 0 spiro atoms. The van der Waals surface area contributed by atoms with Crippen molar-refractivity contribution in [1.29, 1.82) is 0 Å². The molecule has 0 aliphatic heterocycles. The quantitative estimate of drug-likeness (QED) is 0.546. The molecule has 0 unspecified atom stereocenters. The van der Waals surface area contributed by atoms with Gasteiger partial charge in [0.1, 0.15) is 11.6 Å². The number of benzene rings is 2. The van der Waals surface area contributed by atoms with Gasteiger partial charge in [0.25, 0.3) is 0 Å². The highest BCUT2D eigenvalue weighted by Crippen LogP contribution is 2.32. The van der Waals surface area contributed by atoms with E-state index in [1.807, 2.05) is 13.0 Å². The predicted molar refractivity (Wildman–Crippen MR) is 105 cm³/mol. The first-order valence-corrected chi connectivity index (χ1v) is 9.77. The summed E-state index contributed by atoms with van der Waals surface area (Å²) in [7, 11) is 1.71. The molecule has 1 heterocycles. The van der Waals surface area contributed by atoms with Crippen LogP contribution in [0.5, 0.6) is 5.75 Å². The van der Waals surface area contributed by atoms with Gasteiger partial charge in [0.2, 0.25) is 0 Å². The van der Waals surface area contributed by atoms with Crippen LogP contribution in [0.1, 0.15) is 17.0 Å². The Labute approximate surface area is 174 Å². The van der Waals surface area contributed by atoms with Crippen molar-refractivity contribution in [3.63, 3.8) is 0 Å². The molecule has 0 saturated heterocycles. The third-order valence-electron chi connectivity index (χ3n) is 4.28. The Bertz CT molecular complexity index is 1070. The number of ether oxygens (including phenoxy) is 1. The van der Waals surface area contributed by atoms with Crippen LogP contribution in [-0.4, -0.2) is 32.4 Å². The van der Waals surface area contributed by atoms with Crippen molar-refractivity contribution in [2.24, 2.45) is 7.05 Å². The van der Waals surface area contributed by atoms with Crippen LogP contribution >= 0.6 is 11.8 Å². The van der Waals surface area contributed by atoms with Crippen molar-refractivity contribution in [2.75, 3.05) is 6.61 Å². The Morgan fingerprint density at radius 2 is 1.97 bits per heavy atom. The molecule has 0 radical (unpaired) electrons. The second-order valence-electron chi connectivity index (χ2n) is 6.48. The number of nitrogens with zero attached hydrogens (tertiary/aromatic N) is 3. The molecule has 3 aromatic rings. The van der Waals surface area contributed by atoms with Gasteiger partial charge in [-0.3, -0.25) is 0 Å². The monoisotopic (exact) mass is 437 g/mol. The van der Waals surface area contributed by atoms with Crippen LogP contribution < -0.4 is 4.74 Å². The summed E-state index contributed by atoms with van der Waals surface area (Å²) in [5, 5.41) is 16.9. The fourth-order valence-electron chi connectivity index (χ4n) is 2.73. The van der Waals surface area contributed by atoms with Gasteiger partial charge in [-0.2, -0.15) is 13.2 Å². The number of carbonyl (C=O) groups is 1. The maximum atomic E-state index is 13.0. The van der Waals surface area contributed by atoms with E-state index in [2.05, 4.69) is 10.2 Å². The zero-order valence-electron chi connectivity index (χ0n) is 16.1. The first kappa shape index (κ1) is 21.7. The van der Waals surface area contributed by atoms with Crippen LogP contribution in [0.3, 0.4) is 0 Å². The highest BCUT2D eigenvalue weighted by Gasteiger charge is 2.30.